The van der Waals surface area contributed by atoms with E-state index in [1.807, 2.05) is 43.5 Å². The molecular weight excluding hydrogens is 424 g/mol. The molecule has 168 valence electrons. The van der Waals surface area contributed by atoms with Crippen LogP contribution in [0.15, 0.2) is 65.8 Å². The van der Waals surface area contributed by atoms with Gasteiger partial charge in [-0.15, -0.1) is 0 Å². The summed E-state index contributed by atoms with van der Waals surface area (Å²) < 4.78 is 29.3. The largest absolute Gasteiger partial charge is 0.352 e. The van der Waals surface area contributed by atoms with Crippen molar-refractivity contribution in [2.45, 2.75) is 37.5 Å². The molecule has 0 aliphatic carbocycles. The van der Waals surface area contributed by atoms with Crippen LogP contribution in [0.1, 0.15) is 40.7 Å². The van der Waals surface area contributed by atoms with Crippen molar-refractivity contribution in [2.24, 2.45) is 0 Å². The molecule has 7 nitrogen and oxygen atoms in total. The number of carbonyl (C=O) groups excluding carboxylic acids is 1. The van der Waals surface area contributed by atoms with Gasteiger partial charge in [-0.2, -0.15) is 9.40 Å². The lowest BCUT2D eigenvalue weighted by Crippen LogP contribution is -2.35. The molecule has 2 aromatic carbocycles. The van der Waals surface area contributed by atoms with Gasteiger partial charge in [-0.25, -0.2) is 13.1 Å². The zero-order valence-electron chi connectivity index (χ0n) is 18.2. The van der Waals surface area contributed by atoms with Gasteiger partial charge in [0.15, 0.2) is 0 Å². The molecule has 32 heavy (non-hydrogen) atoms. The smallest absolute Gasteiger partial charge is 0.251 e. The van der Waals surface area contributed by atoms with E-state index in [0.29, 0.717) is 31.6 Å². The maximum Gasteiger partial charge on any atom is 0.251 e. The van der Waals surface area contributed by atoms with Crippen LogP contribution < -0.4 is 5.32 Å². The van der Waals surface area contributed by atoms with Crippen LogP contribution in [0.5, 0.6) is 0 Å². The molecule has 1 amide bonds. The molecule has 0 bridgehead atoms. The van der Waals surface area contributed by atoms with Gasteiger partial charge in [-0.3, -0.25) is 4.79 Å². The summed E-state index contributed by atoms with van der Waals surface area (Å²) in [5.74, 6) is -0.258. The fourth-order valence-corrected chi connectivity index (χ4v) is 5.46. The minimum Gasteiger partial charge on any atom is -0.352 e. The Kier molecular flexibility index (Phi) is 6.72. The van der Waals surface area contributed by atoms with Crippen molar-refractivity contribution >= 4 is 15.9 Å². The second-order valence-corrected chi connectivity index (χ2v) is 10.0. The number of rotatable bonds is 7. The number of sulfonamides is 1. The maximum absolute atomic E-state index is 13.0. The minimum atomic E-state index is -3.57. The van der Waals surface area contributed by atoms with Gasteiger partial charge in [-0.1, -0.05) is 24.6 Å². The standard InChI is InChI=1S/C24H28N4O3S/c1-19-6-11-22(32(30,31)27-15-3-2-4-16-27)18-23(19)24(29)25-14-12-20-7-9-21(10-8-20)28-17-5-13-26-28/h5-11,13,17-18H,2-4,12,14-16H2,1H3,(H,25,29). The van der Waals surface area contributed by atoms with Gasteiger partial charge in [0.05, 0.1) is 10.6 Å². The average molecular weight is 453 g/mol. The highest BCUT2D eigenvalue weighted by atomic mass is 32.2. The van der Waals surface area contributed by atoms with Crippen LogP contribution in [0.3, 0.4) is 0 Å². The van der Waals surface area contributed by atoms with E-state index in [4.69, 9.17) is 0 Å². The molecule has 0 spiro atoms. The second kappa shape index (κ2) is 9.67. The summed E-state index contributed by atoms with van der Waals surface area (Å²) in [7, 11) is -3.57. The van der Waals surface area contributed by atoms with Crippen LogP contribution in [-0.4, -0.2) is 48.0 Å². The van der Waals surface area contributed by atoms with Crippen LogP contribution in [0.25, 0.3) is 5.69 Å². The van der Waals surface area contributed by atoms with Gasteiger partial charge in [-0.05, 0) is 67.6 Å². The first kappa shape index (κ1) is 22.2. The zero-order valence-corrected chi connectivity index (χ0v) is 19.0. The molecule has 4 rings (SSSR count). The van der Waals surface area contributed by atoms with Crippen molar-refractivity contribution in [1.82, 2.24) is 19.4 Å². The van der Waals surface area contributed by atoms with E-state index in [2.05, 4.69) is 10.4 Å². The normalized spacial score (nSPS) is 14.9. The third kappa shape index (κ3) is 4.92. The van der Waals surface area contributed by atoms with E-state index < -0.39 is 10.0 Å². The Hall–Kier alpha value is -2.97. The van der Waals surface area contributed by atoms with Gasteiger partial charge in [0.25, 0.3) is 5.91 Å². The molecule has 1 fully saturated rings. The Balaban J connectivity index is 1.39. The van der Waals surface area contributed by atoms with Crippen LogP contribution >= 0.6 is 0 Å². The monoisotopic (exact) mass is 452 g/mol. The maximum atomic E-state index is 13.0. The molecule has 0 saturated carbocycles. The number of piperidine rings is 1. The third-order valence-electron chi connectivity index (χ3n) is 5.81. The first-order chi connectivity index (χ1) is 15.4. The SMILES string of the molecule is Cc1ccc(S(=O)(=O)N2CCCCC2)cc1C(=O)NCCc1ccc(-n2cccn2)cc1. The van der Waals surface area contributed by atoms with Gasteiger partial charge in [0.1, 0.15) is 0 Å². The van der Waals surface area contributed by atoms with E-state index in [1.165, 1.54) is 10.4 Å². The molecule has 2 heterocycles. The highest BCUT2D eigenvalue weighted by Gasteiger charge is 2.27. The summed E-state index contributed by atoms with van der Waals surface area (Å²) in [6.07, 6.45) is 7.10. The molecule has 0 radical (unpaired) electrons. The lowest BCUT2D eigenvalue weighted by atomic mass is 10.1. The molecule has 1 aromatic heterocycles. The van der Waals surface area contributed by atoms with Crippen molar-refractivity contribution in [3.8, 4) is 5.69 Å². The summed E-state index contributed by atoms with van der Waals surface area (Å²) in [5.41, 5.74) is 3.23. The third-order valence-corrected chi connectivity index (χ3v) is 7.71. The molecular formula is C24H28N4O3S. The summed E-state index contributed by atoms with van der Waals surface area (Å²) in [6, 6.07) is 14.7. The Morgan fingerprint density at radius 2 is 1.81 bits per heavy atom. The Morgan fingerprint density at radius 3 is 2.50 bits per heavy atom. The lowest BCUT2D eigenvalue weighted by Gasteiger charge is -2.26. The lowest BCUT2D eigenvalue weighted by molar-refractivity contribution is 0.0953. The molecule has 1 aliphatic rings. The van der Waals surface area contributed by atoms with Gasteiger partial charge >= 0.3 is 0 Å². The van der Waals surface area contributed by atoms with E-state index in [1.54, 1.807) is 23.0 Å². The zero-order chi connectivity index (χ0) is 22.6. The Labute approximate surface area is 189 Å². The van der Waals surface area contributed by atoms with Crippen molar-refractivity contribution in [2.75, 3.05) is 19.6 Å². The number of amides is 1. The molecule has 0 unspecified atom stereocenters. The topological polar surface area (TPSA) is 84.3 Å². The number of hydrogen-bond donors (Lipinski definition) is 1. The molecule has 1 N–H and O–H groups in total. The second-order valence-electron chi connectivity index (χ2n) is 8.06. The highest BCUT2D eigenvalue weighted by Crippen LogP contribution is 2.23. The number of nitrogens with one attached hydrogen (secondary N) is 1. The summed E-state index contributed by atoms with van der Waals surface area (Å²) in [6.45, 7) is 3.36. The van der Waals surface area contributed by atoms with Gasteiger partial charge in [0.2, 0.25) is 10.0 Å². The number of aromatic nitrogens is 2. The molecule has 8 heteroatoms. The summed E-state index contributed by atoms with van der Waals surface area (Å²) in [5, 5.41) is 7.13. The van der Waals surface area contributed by atoms with Gasteiger partial charge in [0, 0.05) is 37.6 Å². The van der Waals surface area contributed by atoms with E-state index in [9.17, 15) is 13.2 Å². The fourth-order valence-electron chi connectivity index (χ4n) is 3.91. The number of benzene rings is 2. The minimum absolute atomic E-state index is 0.185. The molecule has 3 aromatic rings. The van der Waals surface area contributed by atoms with Gasteiger partial charge < -0.3 is 5.32 Å². The fraction of sp³-hybridized carbons (Fsp3) is 0.333. The number of nitrogens with zero attached hydrogens (tertiary/aromatic N) is 3. The first-order valence-corrected chi connectivity index (χ1v) is 12.4. The van der Waals surface area contributed by atoms with Crippen molar-refractivity contribution in [1.29, 1.82) is 0 Å². The summed E-state index contributed by atoms with van der Waals surface area (Å²) in [4.78, 5) is 13.0. The van der Waals surface area contributed by atoms with Crippen molar-refractivity contribution in [3.05, 3.63) is 77.6 Å². The van der Waals surface area contributed by atoms with Crippen molar-refractivity contribution < 1.29 is 13.2 Å². The predicted octanol–water partition coefficient (Wildman–Crippen LogP) is 3.33. The quantitative estimate of drug-likeness (QED) is 0.596. The van der Waals surface area contributed by atoms with Crippen LogP contribution in [0, 0.1) is 6.92 Å². The van der Waals surface area contributed by atoms with E-state index in [0.717, 1.165) is 36.1 Å². The average Bonchev–Trinajstić information content (AvgIpc) is 3.35. The van der Waals surface area contributed by atoms with E-state index in [-0.39, 0.29) is 10.8 Å². The number of hydrogen-bond acceptors (Lipinski definition) is 4. The van der Waals surface area contributed by atoms with Crippen LogP contribution in [-0.2, 0) is 16.4 Å². The number of aryl methyl sites for hydroxylation is 1. The van der Waals surface area contributed by atoms with E-state index >= 15 is 0 Å². The molecule has 1 saturated heterocycles. The highest BCUT2D eigenvalue weighted by molar-refractivity contribution is 7.89. The number of carbonyl (C=O) groups is 1. The van der Waals surface area contributed by atoms with Crippen molar-refractivity contribution in [3.63, 3.8) is 0 Å². The Morgan fingerprint density at radius 1 is 1.06 bits per heavy atom. The summed E-state index contributed by atoms with van der Waals surface area (Å²) >= 11 is 0. The molecule has 1 aliphatic heterocycles. The Bertz CT molecular complexity index is 1170. The molecule has 0 atom stereocenters. The van der Waals surface area contributed by atoms with Crippen LogP contribution in [0.4, 0.5) is 0 Å². The first-order valence-electron chi connectivity index (χ1n) is 10.9. The van der Waals surface area contributed by atoms with Crippen LogP contribution in [0.2, 0.25) is 0 Å². The predicted molar refractivity (Wildman–Crippen MR) is 123 cm³/mol.